The van der Waals surface area contributed by atoms with Gasteiger partial charge in [0.2, 0.25) is 0 Å². The van der Waals surface area contributed by atoms with E-state index >= 15 is 0 Å². The predicted octanol–water partition coefficient (Wildman–Crippen LogP) is 3.32. The van der Waals surface area contributed by atoms with Crippen molar-refractivity contribution in [1.82, 2.24) is 5.48 Å². The van der Waals surface area contributed by atoms with Gasteiger partial charge >= 0.3 is 5.97 Å². The Hall–Kier alpha value is -1.35. The Balaban J connectivity index is 1.38. The lowest BCUT2D eigenvalue weighted by Crippen LogP contribution is -2.29. The fraction of sp³-hybridized carbons (Fsp3) is 0.562. The normalized spacial score (nSPS) is 21.3. The maximum atomic E-state index is 11.7. The average Bonchev–Trinajstić information content (AvgIpc) is 3.22. The molecule has 1 spiro atoms. The van der Waals surface area contributed by atoms with Gasteiger partial charge in [0.05, 0.1) is 5.56 Å². The Kier molecular flexibility index (Phi) is 3.56. The molecule has 1 aromatic carbocycles. The van der Waals surface area contributed by atoms with Crippen molar-refractivity contribution in [2.75, 3.05) is 6.54 Å². The minimum Gasteiger partial charge on any atom is -0.367 e. The molecule has 0 atom stereocenters. The zero-order valence-corrected chi connectivity index (χ0v) is 11.2. The molecule has 3 heteroatoms. The van der Waals surface area contributed by atoms with Crippen molar-refractivity contribution in [3.05, 3.63) is 35.9 Å². The SMILES string of the molecule is O=C(ONCC1CCC2(CC1)CC2)c1ccccc1. The molecule has 102 valence electrons. The number of carbonyl (C=O) groups excluding carboxylic acids is 1. The van der Waals surface area contributed by atoms with E-state index in [0.29, 0.717) is 11.5 Å². The smallest absolute Gasteiger partial charge is 0.356 e. The highest BCUT2D eigenvalue weighted by Gasteiger charge is 2.44. The fourth-order valence-electron chi connectivity index (χ4n) is 3.03. The van der Waals surface area contributed by atoms with E-state index in [1.165, 1.54) is 38.5 Å². The van der Waals surface area contributed by atoms with E-state index in [0.717, 1.165) is 12.0 Å². The van der Waals surface area contributed by atoms with E-state index in [-0.39, 0.29) is 5.97 Å². The van der Waals surface area contributed by atoms with E-state index in [2.05, 4.69) is 5.48 Å². The molecule has 2 saturated carbocycles. The van der Waals surface area contributed by atoms with Crippen molar-refractivity contribution in [2.24, 2.45) is 11.3 Å². The van der Waals surface area contributed by atoms with Crippen molar-refractivity contribution >= 4 is 5.97 Å². The molecule has 0 heterocycles. The molecule has 2 aliphatic carbocycles. The van der Waals surface area contributed by atoms with Gasteiger partial charge in [-0.1, -0.05) is 18.2 Å². The maximum Gasteiger partial charge on any atom is 0.356 e. The van der Waals surface area contributed by atoms with Crippen molar-refractivity contribution in [3.8, 4) is 0 Å². The van der Waals surface area contributed by atoms with Crippen LogP contribution in [0.3, 0.4) is 0 Å². The Labute approximate surface area is 114 Å². The highest BCUT2D eigenvalue weighted by molar-refractivity contribution is 5.89. The van der Waals surface area contributed by atoms with Gasteiger partial charge in [0.25, 0.3) is 0 Å². The van der Waals surface area contributed by atoms with Gasteiger partial charge in [0.1, 0.15) is 0 Å². The molecule has 0 amide bonds. The van der Waals surface area contributed by atoms with E-state index in [9.17, 15) is 4.79 Å². The number of carbonyl (C=O) groups is 1. The highest BCUT2D eigenvalue weighted by Crippen LogP contribution is 2.56. The molecule has 0 radical (unpaired) electrons. The summed E-state index contributed by atoms with van der Waals surface area (Å²) in [6.07, 6.45) is 8.16. The molecule has 3 nitrogen and oxygen atoms in total. The first kappa shape index (κ1) is 12.7. The third-order valence-electron chi connectivity index (χ3n) is 4.67. The van der Waals surface area contributed by atoms with Crippen LogP contribution in [0.2, 0.25) is 0 Å². The molecular formula is C16H21NO2. The second kappa shape index (κ2) is 5.33. The zero-order valence-electron chi connectivity index (χ0n) is 11.2. The summed E-state index contributed by atoms with van der Waals surface area (Å²) in [5.74, 6) is 0.366. The molecule has 0 saturated heterocycles. The lowest BCUT2D eigenvalue weighted by atomic mass is 9.80. The van der Waals surface area contributed by atoms with Gasteiger partial charge in [-0.2, -0.15) is 5.48 Å². The van der Waals surface area contributed by atoms with Gasteiger partial charge < -0.3 is 4.84 Å². The van der Waals surface area contributed by atoms with Crippen LogP contribution in [0, 0.1) is 11.3 Å². The van der Waals surface area contributed by atoms with Crippen LogP contribution in [0.4, 0.5) is 0 Å². The van der Waals surface area contributed by atoms with Crippen LogP contribution in [0.5, 0.6) is 0 Å². The van der Waals surface area contributed by atoms with Crippen LogP contribution in [0.1, 0.15) is 48.9 Å². The first-order valence-corrected chi connectivity index (χ1v) is 7.27. The van der Waals surface area contributed by atoms with Crippen LogP contribution in [0.15, 0.2) is 30.3 Å². The maximum absolute atomic E-state index is 11.7. The molecule has 2 aliphatic rings. The van der Waals surface area contributed by atoms with Crippen molar-refractivity contribution in [3.63, 3.8) is 0 Å². The predicted molar refractivity (Wildman–Crippen MR) is 73.5 cm³/mol. The molecule has 1 aromatic rings. The third-order valence-corrected chi connectivity index (χ3v) is 4.67. The number of hydroxylamine groups is 1. The summed E-state index contributed by atoms with van der Waals surface area (Å²) < 4.78 is 0. The summed E-state index contributed by atoms with van der Waals surface area (Å²) in [4.78, 5) is 16.8. The van der Waals surface area contributed by atoms with Gasteiger partial charge in [-0.15, -0.1) is 0 Å². The Morgan fingerprint density at radius 3 is 2.47 bits per heavy atom. The van der Waals surface area contributed by atoms with Gasteiger partial charge in [0.15, 0.2) is 0 Å². The first-order chi connectivity index (χ1) is 9.27. The Bertz CT molecular complexity index is 429. The highest BCUT2D eigenvalue weighted by atomic mass is 16.7. The second-order valence-corrected chi connectivity index (χ2v) is 6.05. The van der Waals surface area contributed by atoms with E-state index in [1.54, 1.807) is 12.1 Å². The van der Waals surface area contributed by atoms with E-state index in [1.807, 2.05) is 18.2 Å². The second-order valence-electron chi connectivity index (χ2n) is 6.05. The molecule has 0 aromatic heterocycles. The Morgan fingerprint density at radius 1 is 1.16 bits per heavy atom. The minimum absolute atomic E-state index is 0.296. The van der Waals surface area contributed by atoms with Crippen LogP contribution < -0.4 is 5.48 Å². The molecule has 1 N–H and O–H groups in total. The molecule has 0 aliphatic heterocycles. The molecule has 19 heavy (non-hydrogen) atoms. The van der Waals surface area contributed by atoms with Gasteiger partial charge in [-0.05, 0) is 62.0 Å². The van der Waals surface area contributed by atoms with Crippen LogP contribution in [-0.2, 0) is 4.84 Å². The van der Waals surface area contributed by atoms with E-state index < -0.39 is 0 Å². The number of benzene rings is 1. The third kappa shape index (κ3) is 3.16. The first-order valence-electron chi connectivity index (χ1n) is 7.27. The van der Waals surface area contributed by atoms with Crippen LogP contribution >= 0.6 is 0 Å². The number of hydrogen-bond donors (Lipinski definition) is 1. The van der Waals surface area contributed by atoms with Crippen molar-refractivity contribution in [1.29, 1.82) is 0 Å². The van der Waals surface area contributed by atoms with Crippen molar-refractivity contribution in [2.45, 2.75) is 38.5 Å². The molecular weight excluding hydrogens is 238 g/mol. The summed E-state index contributed by atoms with van der Waals surface area (Å²) in [6, 6.07) is 9.10. The summed E-state index contributed by atoms with van der Waals surface area (Å²) in [6.45, 7) is 0.786. The summed E-state index contributed by atoms with van der Waals surface area (Å²) in [7, 11) is 0. The van der Waals surface area contributed by atoms with Crippen LogP contribution in [-0.4, -0.2) is 12.5 Å². The Morgan fingerprint density at radius 2 is 1.84 bits per heavy atom. The van der Waals surface area contributed by atoms with Gasteiger partial charge in [0, 0.05) is 6.54 Å². The minimum atomic E-state index is -0.296. The van der Waals surface area contributed by atoms with Gasteiger partial charge in [-0.25, -0.2) is 4.79 Å². The average molecular weight is 259 g/mol. The molecule has 0 bridgehead atoms. The quantitative estimate of drug-likeness (QED) is 0.843. The lowest BCUT2D eigenvalue weighted by Gasteiger charge is -2.28. The van der Waals surface area contributed by atoms with Crippen molar-refractivity contribution < 1.29 is 9.63 Å². The number of rotatable bonds is 4. The summed E-state index contributed by atoms with van der Waals surface area (Å²) in [5.41, 5.74) is 4.18. The monoisotopic (exact) mass is 259 g/mol. The van der Waals surface area contributed by atoms with Crippen LogP contribution in [0.25, 0.3) is 0 Å². The molecule has 3 rings (SSSR count). The largest absolute Gasteiger partial charge is 0.367 e. The summed E-state index contributed by atoms with van der Waals surface area (Å²) in [5, 5.41) is 0. The standard InChI is InChI=1S/C16H21NO2/c18-15(14-4-2-1-3-5-14)19-17-12-13-6-8-16(9-7-13)10-11-16/h1-5,13,17H,6-12H2. The zero-order chi connectivity index (χ0) is 13.1. The van der Waals surface area contributed by atoms with Gasteiger partial charge in [-0.3, -0.25) is 0 Å². The lowest BCUT2D eigenvalue weighted by molar-refractivity contribution is 0.0200. The molecule has 2 fully saturated rings. The fourth-order valence-corrected chi connectivity index (χ4v) is 3.03. The topological polar surface area (TPSA) is 38.3 Å². The molecule has 0 unspecified atom stereocenters. The number of hydrogen-bond acceptors (Lipinski definition) is 3. The summed E-state index contributed by atoms with van der Waals surface area (Å²) >= 11 is 0. The van der Waals surface area contributed by atoms with E-state index in [4.69, 9.17) is 4.84 Å². The number of nitrogens with one attached hydrogen (secondary N) is 1.